The highest BCUT2D eigenvalue weighted by Gasteiger charge is 2.16. The van der Waals surface area contributed by atoms with Gasteiger partial charge in [-0.25, -0.2) is 9.07 Å². The molecule has 4 rings (SSSR count). The van der Waals surface area contributed by atoms with Crippen molar-refractivity contribution in [3.8, 4) is 0 Å². The molecule has 1 aromatic carbocycles. The van der Waals surface area contributed by atoms with Gasteiger partial charge in [0.15, 0.2) is 0 Å². The number of hydrogen-bond acceptors (Lipinski definition) is 3. The van der Waals surface area contributed by atoms with Crippen LogP contribution in [-0.4, -0.2) is 14.3 Å². The number of thiophene rings is 1. The van der Waals surface area contributed by atoms with E-state index < -0.39 is 0 Å². The Hall–Kier alpha value is -1.99. The Labute approximate surface area is 142 Å². The summed E-state index contributed by atoms with van der Waals surface area (Å²) in [7, 11) is 1.86. The predicted octanol–water partition coefficient (Wildman–Crippen LogP) is 3.90. The maximum Gasteiger partial charge on any atom is 0.291 e. The van der Waals surface area contributed by atoms with Crippen LogP contribution in [0.4, 0.5) is 4.39 Å². The molecule has 0 atom stereocenters. The molecular weight excluding hydrogens is 381 g/mol. The Morgan fingerprint density at radius 2 is 2.13 bits per heavy atom. The zero-order valence-corrected chi connectivity index (χ0v) is 14.5. The van der Waals surface area contributed by atoms with Crippen molar-refractivity contribution in [3.63, 3.8) is 0 Å². The van der Waals surface area contributed by atoms with Crippen molar-refractivity contribution in [2.24, 2.45) is 7.05 Å². The second-order valence-corrected chi connectivity index (χ2v) is 7.72. The van der Waals surface area contributed by atoms with E-state index in [1.807, 2.05) is 17.7 Å². The van der Waals surface area contributed by atoms with Gasteiger partial charge in [0.25, 0.3) is 5.56 Å². The van der Waals surface area contributed by atoms with Crippen molar-refractivity contribution in [1.82, 2.24) is 14.3 Å². The lowest BCUT2D eigenvalue weighted by Gasteiger charge is -2.06. The normalized spacial score (nSPS) is 11.6. The molecular formula is C16H11BrFN3OS. The number of hydrogen-bond donors (Lipinski definition) is 0. The van der Waals surface area contributed by atoms with Gasteiger partial charge in [0, 0.05) is 18.0 Å². The van der Waals surface area contributed by atoms with Gasteiger partial charge in [0.1, 0.15) is 11.3 Å². The van der Waals surface area contributed by atoms with Gasteiger partial charge < -0.3 is 4.57 Å². The molecule has 0 unspecified atom stereocenters. The van der Waals surface area contributed by atoms with Crippen LogP contribution >= 0.6 is 27.3 Å². The molecule has 0 saturated carbocycles. The Bertz CT molecular complexity index is 1110. The summed E-state index contributed by atoms with van der Waals surface area (Å²) >= 11 is 5.04. The van der Waals surface area contributed by atoms with Crippen molar-refractivity contribution in [1.29, 1.82) is 0 Å². The van der Waals surface area contributed by atoms with Gasteiger partial charge in [-0.3, -0.25) is 4.79 Å². The molecule has 3 aromatic heterocycles. The Balaban J connectivity index is 1.93. The first-order valence-electron chi connectivity index (χ1n) is 6.93. The minimum Gasteiger partial charge on any atom is -0.338 e. The van der Waals surface area contributed by atoms with E-state index >= 15 is 0 Å². The van der Waals surface area contributed by atoms with Crippen LogP contribution < -0.4 is 5.56 Å². The van der Waals surface area contributed by atoms with Crippen LogP contribution in [0.5, 0.6) is 0 Å². The zero-order valence-electron chi connectivity index (χ0n) is 12.1. The fourth-order valence-corrected chi connectivity index (χ4v) is 4.41. The summed E-state index contributed by atoms with van der Waals surface area (Å²) in [6.07, 6.45) is 1.68. The molecule has 0 fully saturated rings. The van der Waals surface area contributed by atoms with Gasteiger partial charge in [-0.15, -0.1) is 11.3 Å². The van der Waals surface area contributed by atoms with Gasteiger partial charge in [0.2, 0.25) is 0 Å². The molecule has 0 aliphatic carbocycles. The molecule has 0 saturated heterocycles. The van der Waals surface area contributed by atoms with Gasteiger partial charge >= 0.3 is 0 Å². The van der Waals surface area contributed by atoms with Crippen LogP contribution in [0.15, 0.2) is 45.1 Å². The average molecular weight is 392 g/mol. The summed E-state index contributed by atoms with van der Waals surface area (Å²) in [5.74, 6) is -0.335. The number of benzene rings is 1. The fraction of sp³-hybridized carbons (Fsp3) is 0.125. The predicted molar refractivity (Wildman–Crippen MR) is 93.6 cm³/mol. The number of rotatable bonds is 2. The largest absolute Gasteiger partial charge is 0.338 e. The number of halogens is 2. The smallest absolute Gasteiger partial charge is 0.291 e. The van der Waals surface area contributed by atoms with E-state index in [1.165, 1.54) is 10.7 Å². The zero-order chi connectivity index (χ0) is 16.1. The highest BCUT2D eigenvalue weighted by molar-refractivity contribution is 9.11. The number of aryl methyl sites for hydroxylation is 1. The first-order valence-corrected chi connectivity index (χ1v) is 8.54. The molecule has 0 amide bonds. The molecule has 0 bridgehead atoms. The third-order valence-electron chi connectivity index (χ3n) is 3.92. The van der Waals surface area contributed by atoms with E-state index in [9.17, 15) is 9.18 Å². The molecule has 23 heavy (non-hydrogen) atoms. The van der Waals surface area contributed by atoms with E-state index in [1.54, 1.807) is 35.7 Å². The molecule has 3 heterocycles. The molecule has 0 aliphatic rings. The summed E-state index contributed by atoms with van der Waals surface area (Å²) in [4.78, 5) is 12.8. The maximum atomic E-state index is 13.8. The third-order valence-corrected chi connectivity index (χ3v) is 5.58. The van der Waals surface area contributed by atoms with Gasteiger partial charge in [0.05, 0.1) is 26.7 Å². The van der Waals surface area contributed by atoms with Gasteiger partial charge in [-0.2, -0.15) is 5.10 Å². The molecule has 7 heteroatoms. The van der Waals surface area contributed by atoms with Gasteiger partial charge in [-0.1, -0.05) is 18.2 Å². The molecule has 0 radical (unpaired) electrons. The van der Waals surface area contributed by atoms with E-state index in [-0.39, 0.29) is 17.9 Å². The van der Waals surface area contributed by atoms with Crippen molar-refractivity contribution < 1.29 is 4.39 Å². The summed E-state index contributed by atoms with van der Waals surface area (Å²) in [5.41, 5.74) is 1.80. The molecule has 0 N–H and O–H groups in total. The number of fused-ring (bicyclic) bond motifs is 3. The summed E-state index contributed by atoms with van der Waals surface area (Å²) in [6.45, 7) is 0.115. The minimum absolute atomic E-state index is 0.115. The second-order valence-electron chi connectivity index (χ2n) is 5.28. The molecule has 4 nitrogen and oxygen atoms in total. The Morgan fingerprint density at radius 1 is 1.35 bits per heavy atom. The lowest BCUT2D eigenvalue weighted by molar-refractivity contribution is 0.574. The van der Waals surface area contributed by atoms with Crippen molar-refractivity contribution >= 4 is 48.4 Å². The van der Waals surface area contributed by atoms with E-state index in [2.05, 4.69) is 21.0 Å². The Kier molecular flexibility index (Phi) is 3.35. The lowest BCUT2D eigenvalue weighted by Crippen LogP contribution is -2.24. The standard InChI is InChI=1S/C16H11BrFN3OS/c1-20-12-6-13(17)23-15(12)10-7-19-21(16(22)14(10)20)8-9-4-2-3-5-11(9)18/h2-7H,8H2,1H3. The average Bonchev–Trinajstić information content (AvgIpc) is 3.02. The SMILES string of the molecule is Cn1c2cc(Br)sc2c2cnn(Cc3ccccc3F)c(=O)c21. The van der Waals surface area contributed by atoms with Crippen molar-refractivity contribution in [2.45, 2.75) is 6.54 Å². The first-order chi connectivity index (χ1) is 11.1. The van der Waals surface area contributed by atoms with E-state index in [0.29, 0.717) is 11.1 Å². The molecule has 0 aliphatic heterocycles. The summed E-state index contributed by atoms with van der Waals surface area (Å²) in [6, 6.07) is 8.41. The third kappa shape index (κ3) is 2.22. The fourth-order valence-electron chi connectivity index (χ4n) is 2.78. The van der Waals surface area contributed by atoms with Gasteiger partial charge in [-0.05, 0) is 28.1 Å². The van der Waals surface area contributed by atoms with Crippen LogP contribution in [0.3, 0.4) is 0 Å². The quantitative estimate of drug-likeness (QED) is 0.519. The summed E-state index contributed by atoms with van der Waals surface area (Å²) in [5, 5.41) is 5.06. The highest BCUT2D eigenvalue weighted by atomic mass is 79.9. The molecule has 116 valence electrons. The highest BCUT2D eigenvalue weighted by Crippen LogP contribution is 2.35. The monoisotopic (exact) mass is 391 g/mol. The second kappa shape index (κ2) is 5.28. The number of nitrogens with zero attached hydrogens (tertiary/aromatic N) is 3. The van der Waals surface area contributed by atoms with Crippen LogP contribution in [0.25, 0.3) is 21.1 Å². The first kappa shape index (κ1) is 14.6. The molecule has 4 aromatic rings. The summed E-state index contributed by atoms with van der Waals surface area (Å²) < 4.78 is 19.0. The number of aromatic nitrogens is 3. The van der Waals surface area contributed by atoms with Crippen LogP contribution in [0.2, 0.25) is 0 Å². The van der Waals surface area contributed by atoms with Crippen LogP contribution in [-0.2, 0) is 13.6 Å². The van der Waals surface area contributed by atoms with Crippen LogP contribution in [0.1, 0.15) is 5.56 Å². The van der Waals surface area contributed by atoms with Crippen LogP contribution in [0, 0.1) is 5.82 Å². The van der Waals surface area contributed by atoms with E-state index in [0.717, 1.165) is 19.4 Å². The molecule has 0 spiro atoms. The Morgan fingerprint density at radius 3 is 2.91 bits per heavy atom. The van der Waals surface area contributed by atoms with Crippen molar-refractivity contribution in [2.75, 3.05) is 0 Å². The lowest BCUT2D eigenvalue weighted by atomic mass is 10.2. The maximum absolute atomic E-state index is 13.8. The van der Waals surface area contributed by atoms with E-state index in [4.69, 9.17) is 0 Å². The minimum atomic E-state index is -0.335. The topological polar surface area (TPSA) is 39.8 Å². The van der Waals surface area contributed by atoms with Crippen molar-refractivity contribution in [3.05, 3.63) is 62.0 Å².